The lowest BCUT2D eigenvalue weighted by molar-refractivity contribution is -0.116. The zero-order valence-electron chi connectivity index (χ0n) is 12.1. The monoisotopic (exact) mass is 302 g/mol. The fourth-order valence-electron chi connectivity index (χ4n) is 2.44. The molecule has 6 heteroatoms. The predicted molar refractivity (Wildman–Crippen MR) is 86.7 cm³/mol. The van der Waals surface area contributed by atoms with Crippen molar-refractivity contribution in [3.8, 4) is 0 Å². The minimum atomic E-state index is 0.0572. The van der Waals surface area contributed by atoms with E-state index in [0.717, 1.165) is 28.4 Å². The molecule has 0 spiro atoms. The van der Waals surface area contributed by atoms with Crippen LogP contribution in [0.15, 0.2) is 18.3 Å². The predicted octanol–water partition coefficient (Wildman–Crippen LogP) is 3.09. The Labute approximate surface area is 127 Å². The Kier molecular flexibility index (Phi) is 3.55. The van der Waals surface area contributed by atoms with Crippen LogP contribution in [0.5, 0.6) is 0 Å². The third-order valence-corrected chi connectivity index (χ3v) is 4.65. The van der Waals surface area contributed by atoms with E-state index < -0.39 is 0 Å². The zero-order chi connectivity index (χ0) is 15.0. The highest BCUT2D eigenvalue weighted by Crippen LogP contribution is 2.33. The van der Waals surface area contributed by atoms with Crippen LogP contribution >= 0.6 is 11.3 Å². The normalized spacial score (nSPS) is 15.2. The highest BCUT2D eigenvalue weighted by Gasteiger charge is 2.18. The number of thiazole rings is 1. The molecule has 1 aliphatic heterocycles. The lowest BCUT2D eigenvalue weighted by Gasteiger charge is -2.21. The SMILES string of the molecule is Cc1cnc(C(C)Nc2cc3c(cc2N)CCC(=O)N3)s1. The van der Waals surface area contributed by atoms with Gasteiger partial charge in [0.1, 0.15) is 5.01 Å². The molecule has 1 unspecified atom stereocenters. The first-order chi connectivity index (χ1) is 10.0. The summed E-state index contributed by atoms with van der Waals surface area (Å²) in [7, 11) is 0. The lowest BCUT2D eigenvalue weighted by Crippen LogP contribution is -2.19. The molecule has 1 aromatic carbocycles. The maximum Gasteiger partial charge on any atom is 0.224 e. The highest BCUT2D eigenvalue weighted by atomic mass is 32.1. The number of amides is 1. The average Bonchev–Trinajstić information content (AvgIpc) is 2.87. The van der Waals surface area contributed by atoms with E-state index in [1.165, 1.54) is 4.88 Å². The molecule has 1 aliphatic rings. The fourth-order valence-corrected chi connectivity index (χ4v) is 3.22. The average molecular weight is 302 g/mol. The van der Waals surface area contributed by atoms with Gasteiger partial charge in [-0.05, 0) is 38.0 Å². The molecule has 0 fully saturated rings. The third kappa shape index (κ3) is 2.85. The van der Waals surface area contributed by atoms with E-state index in [-0.39, 0.29) is 11.9 Å². The van der Waals surface area contributed by atoms with E-state index in [1.807, 2.05) is 25.3 Å². The van der Waals surface area contributed by atoms with Gasteiger partial charge in [-0.1, -0.05) is 0 Å². The maximum absolute atomic E-state index is 11.5. The van der Waals surface area contributed by atoms with Gasteiger partial charge in [-0.25, -0.2) is 4.98 Å². The van der Waals surface area contributed by atoms with Crippen LogP contribution in [0.4, 0.5) is 17.1 Å². The van der Waals surface area contributed by atoms with Crippen LogP contribution in [-0.4, -0.2) is 10.9 Å². The highest BCUT2D eigenvalue weighted by molar-refractivity contribution is 7.11. The van der Waals surface area contributed by atoms with Crippen molar-refractivity contribution < 1.29 is 4.79 Å². The molecule has 110 valence electrons. The van der Waals surface area contributed by atoms with Crippen molar-refractivity contribution >= 4 is 34.3 Å². The van der Waals surface area contributed by atoms with Gasteiger partial charge in [-0.15, -0.1) is 11.3 Å². The molecule has 2 heterocycles. The Morgan fingerprint density at radius 3 is 2.95 bits per heavy atom. The van der Waals surface area contributed by atoms with Crippen molar-refractivity contribution in [2.24, 2.45) is 0 Å². The number of hydrogen-bond donors (Lipinski definition) is 3. The summed E-state index contributed by atoms with van der Waals surface area (Å²) in [6, 6.07) is 3.93. The quantitative estimate of drug-likeness (QED) is 0.761. The molecule has 4 N–H and O–H groups in total. The summed E-state index contributed by atoms with van der Waals surface area (Å²) in [4.78, 5) is 17.1. The van der Waals surface area contributed by atoms with Gasteiger partial charge in [-0.3, -0.25) is 4.79 Å². The van der Waals surface area contributed by atoms with Gasteiger partial charge in [0.2, 0.25) is 5.91 Å². The van der Waals surface area contributed by atoms with Crippen LogP contribution in [0.25, 0.3) is 0 Å². The molecule has 0 saturated heterocycles. The summed E-state index contributed by atoms with van der Waals surface area (Å²) < 4.78 is 0. The van der Waals surface area contributed by atoms with Crippen molar-refractivity contribution in [3.63, 3.8) is 0 Å². The summed E-state index contributed by atoms with van der Waals surface area (Å²) in [6.07, 6.45) is 3.13. The van der Waals surface area contributed by atoms with Crippen molar-refractivity contribution in [1.82, 2.24) is 4.98 Å². The van der Waals surface area contributed by atoms with Crippen molar-refractivity contribution in [1.29, 1.82) is 0 Å². The lowest BCUT2D eigenvalue weighted by atomic mass is 10.0. The zero-order valence-corrected chi connectivity index (χ0v) is 12.9. The number of nitrogen functional groups attached to an aromatic ring is 1. The second-order valence-corrected chi connectivity index (χ2v) is 6.59. The standard InChI is InChI=1S/C15H18N4OS/c1-8-7-17-15(21-8)9(2)18-13-6-12-10(5-11(13)16)3-4-14(20)19-12/h5-7,9,18H,3-4,16H2,1-2H3,(H,19,20). The molecular formula is C15H18N4OS. The summed E-state index contributed by atoms with van der Waals surface area (Å²) in [5.74, 6) is 0.0572. The summed E-state index contributed by atoms with van der Waals surface area (Å²) in [5, 5.41) is 7.30. The Morgan fingerprint density at radius 1 is 1.43 bits per heavy atom. The largest absolute Gasteiger partial charge is 0.397 e. The number of carbonyl (C=O) groups excluding carboxylic acids is 1. The van der Waals surface area contributed by atoms with Gasteiger partial charge < -0.3 is 16.4 Å². The Hall–Kier alpha value is -2.08. The van der Waals surface area contributed by atoms with Gasteiger partial charge in [0.25, 0.3) is 0 Å². The van der Waals surface area contributed by atoms with E-state index in [9.17, 15) is 4.79 Å². The van der Waals surface area contributed by atoms with E-state index >= 15 is 0 Å². The number of hydrogen-bond acceptors (Lipinski definition) is 5. The first-order valence-electron chi connectivity index (χ1n) is 6.94. The maximum atomic E-state index is 11.5. The van der Waals surface area contributed by atoms with Crippen molar-refractivity contribution in [2.75, 3.05) is 16.4 Å². The second kappa shape index (κ2) is 5.37. The molecular weight excluding hydrogens is 284 g/mol. The first kappa shape index (κ1) is 13.9. The van der Waals surface area contributed by atoms with E-state index in [4.69, 9.17) is 5.73 Å². The third-order valence-electron chi connectivity index (χ3n) is 3.55. The van der Waals surface area contributed by atoms with E-state index in [2.05, 4.69) is 22.5 Å². The Bertz CT molecular complexity index is 695. The topological polar surface area (TPSA) is 80.0 Å². The van der Waals surface area contributed by atoms with E-state index in [1.54, 1.807) is 11.3 Å². The minimum absolute atomic E-state index is 0.0572. The molecule has 1 atom stereocenters. The van der Waals surface area contributed by atoms with Crippen LogP contribution in [0, 0.1) is 6.92 Å². The molecule has 0 radical (unpaired) electrons. The van der Waals surface area contributed by atoms with Crippen LogP contribution in [0.2, 0.25) is 0 Å². The number of fused-ring (bicyclic) bond motifs is 1. The molecule has 2 aromatic rings. The molecule has 0 saturated carbocycles. The van der Waals surface area contributed by atoms with Crippen LogP contribution in [0.1, 0.15) is 34.8 Å². The Balaban J connectivity index is 1.85. The van der Waals surface area contributed by atoms with Crippen LogP contribution < -0.4 is 16.4 Å². The van der Waals surface area contributed by atoms with Gasteiger partial charge in [0.15, 0.2) is 0 Å². The number of aromatic nitrogens is 1. The number of benzene rings is 1. The minimum Gasteiger partial charge on any atom is -0.397 e. The summed E-state index contributed by atoms with van der Waals surface area (Å²) in [6.45, 7) is 4.09. The molecule has 0 aliphatic carbocycles. The molecule has 21 heavy (non-hydrogen) atoms. The van der Waals surface area contributed by atoms with Gasteiger partial charge in [0.05, 0.1) is 17.4 Å². The van der Waals surface area contributed by atoms with Gasteiger partial charge in [-0.2, -0.15) is 0 Å². The Morgan fingerprint density at radius 2 is 2.24 bits per heavy atom. The molecule has 1 amide bonds. The fraction of sp³-hybridized carbons (Fsp3) is 0.333. The first-order valence-corrected chi connectivity index (χ1v) is 7.75. The summed E-state index contributed by atoms with van der Waals surface area (Å²) >= 11 is 1.67. The van der Waals surface area contributed by atoms with Crippen molar-refractivity contribution in [2.45, 2.75) is 32.7 Å². The van der Waals surface area contributed by atoms with Gasteiger partial charge in [0, 0.05) is 23.2 Å². The van der Waals surface area contributed by atoms with Crippen LogP contribution in [0.3, 0.4) is 0 Å². The van der Waals surface area contributed by atoms with Crippen LogP contribution in [-0.2, 0) is 11.2 Å². The number of anilines is 3. The number of carbonyl (C=O) groups is 1. The number of rotatable bonds is 3. The van der Waals surface area contributed by atoms with Gasteiger partial charge >= 0.3 is 0 Å². The second-order valence-electron chi connectivity index (χ2n) is 5.32. The number of nitrogens with one attached hydrogen (secondary N) is 2. The molecule has 5 nitrogen and oxygen atoms in total. The molecule has 0 bridgehead atoms. The smallest absolute Gasteiger partial charge is 0.224 e. The summed E-state index contributed by atoms with van der Waals surface area (Å²) in [5.41, 5.74) is 9.59. The number of aryl methyl sites for hydroxylation is 2. The molecule has 1 aromatic heterocycles. The number of nitrogens with two attached hydrogens (primary N) is 1. The molecule has 3 rings (SSSR count). The van der Waals surface area contributed by atoms with E-state index in [0.29, 0.717) is 12.1 Å². The number of nitrogens with zero attached hydrogens (tertiary/aromatic N) is 1. The van der Waals surface area contributed by atoms with Crippen molar-refractivity contribution in [3.05, 3.63) is 33.8 Å².